The van der Waals surface area contributed by atoms with Crippen molar-refractivity contribution in [2.75, 3.05) is 13.2 Å². The molecule has 6 nitrogen and oxygen atoms in total. The molecule has 1 aliphatic rings. The lowest BCUT2D eigenvalue weighted by Crippen LogP contribution is -2.40. The van der Waals surface area contributed by atoms with Crippen molar-refractivity contribution < 1.29 is 14.1 Å². The van der Waals surface area contributed by atoms with Gasteiger partial charge in [0.2, 0.25) is 0 Å². The van der Waals surface area contributed by atoms with Gasteiger partial charge in [-0.05, 0) is 12.3 Å². The zero-order valence-corrected chi connectivity index (χ0v) is 11.4. The zero-order valence-electron chi connectivity index (χ0n) is 11.4. The van der Waals surface area contributed by atoms with Gasteiger partial charge in [0.15, 0.2) is 0 Å². The molecule has 6 heteroatoms. The van der Waals surface area contributed by atoms with Crippen LogP contribution in [0.1, 0.15) is 26.0 Å². The predicted molar refractivity (Wildman–Crippen MR) is 69.4 cm³/mol. The molecule has 2 atom stereocenters. The van der Waals surface area contributed by atoms with Crippen LogP contribution < -0.4 is 10.6 Å². The molecular formula is C13H21N3O3. The first-order valence-electron chi connectivity index (χ1n) is 6.69. The van der Waals surface area contributed by atoms with E-state index >= 15 is 0 Å². The van der Waals surface area contributed by atoms with Gasteiger partial charge in [-0.25, -0.2) is 4.79 Å². The van der Waals surface area contributed by atoms with E-state index < -0.39 is 0 Å². The Labute approximate surface area is 112 Å². The van der Waals surface area contributed by atoms with Crippen LogP contribution in [0.4, 0.5) is 4.79 Å². The Morgan fingerprint density at radius 3 is 3.05 bits per heavy atom. The van der Waals surface area contributed by atoms with Crippen molar-refractivity contribution in [2.45, 2.75) is 32.9 Å². The Morgan fingerprint density at radius 1 is 1.53 bits per heavy atom. The summed E-state index contributed by atoms with van der Waals surface area (Å²) in [5.74, 6) is 0.880. The highest BCUT2D eigenvalue weighted by molar-refractivity contribution is 5.73. The average Bonchev–Trinajstić information content (AvgIpc) is 3.04. The van der Waals surface area contributed by atoms with E-state index in [1.807, 2.05) is 0 Å². The van der Waals surface area contributed by atoms with Crippen LogP contribution in [-0.4, -0.2) is 30.4 Å². The Morgan fingerprint density at radius 2 is 2.37 bits per heavy atom. The number of hydrogen-bond acceptors (Lipinski definition) is 4. The molecule has 2 amide bonds. The Bertz CT molecular complexity index is 392. The summed E-state index contributed by atoms with van der Waals surface area (Å²) in [4.78, 5) is 11.7. The smallest absolute Gasteiger partial charge is 0.315 e. The third kappa shape index (κ3) is 3.96. The number of carbonyl (C=O) groups excluding carboxylic acids is 1. The van der Waals surface area contributed by atoms with Crippen molar-refractivity contribution in [2.24, 2.45) is 11.8 Å². The van der Waals surface area contributed by atoms with E-state index in [2.05, 4.69) is 29.6 Å². The first-order chi connectivity index (χ1) is 9.16. The van der Waals surface area contributed by atoms with E-state index in [9.17, 15) is 4.79 Å². The largest absolute Gasteiger partial charge is 0.378 e. The molecule has 0 unspecified atom stereocenters. The molecule has 1 aromatic rings. The molecule has 0 bridgehead atoms. The number of nitrogens with one attached hydrogen (secondary N) is 2. The van der Waals surface area contributed by atoms with Gasteiger partial charge >= 0.3 is 6.03 Å². The number of urea groups is 1. The van der Waals surface area contributed by atoms with Gasteiger partial charge in [-0.3, -0.25) is 0 Å². The number of aromatic nitrogens is 1. The Hall–Kier alpha value is -1.56. The topological polar surface area (TPSA) is 76.4 Å². The third-order valence-electron chi connectivity index (χ3n) is 3.37. The fraction of sp³-hybridized carbons (Fsp3) is 0.692. The second-order valence-corrected chi connectivity index (χ2v) is 5.18. The molecule has 1 aliphatic heterocycles. The molecule has 0 aliphatic carbocycles. The molecule has 0 spiro atoms. The number of rotatable bonds is 5. The summed E-state index contributed by atoms with van der Waals surface area (Å²) in [6.07, 6.45) is 2.74. The average molecular weight is 267 g/mol. The van der Waals surface area contributed by atoms with Gasteiger partial charge in [0.1, 0.15) is 12.0 Å². The number of carbonyl (C=O) groups is 1. The maximum absolute atomic E-state index is 11.7. The van der Waals surface area contributed by atoms with E-state index in [1.165, 1.54) is 6.26 Å². The SMILES string of the molecule is CC(C)[C@H]1OCC[C@@H]1CNC(=O)NCc1ccon1. The van der Waals surface area contributed by atoms with E-state index in [-0.39, 0.29) is 12.1 Å². The first-order valence-corrected chi connectivity index (χ1v) is 6.69. The van der Waals surface area contributed by atoms with E-state index in [4.69, 9.17) is 9.26 Å². The number of hydrogen-bond donors (Lipinski definition) is 2. The molecule has 1 saturated heterocycles. The van der Waals surface area contributed by atoms with Crippen LogP contribution in [-0.2, 0) is 11.3 Å². The quantitative estimate of drug-likeness (QED) is 0.848. The molecule has 2 N–H and O–H groups in total. The molecule has 2 rings (SSSR count). The lowest BCUT2D eigenvalue weighted by molar-refractivity contribution is 0.0545. The van der Waals surface area contributed by atoms with Crippen LogP contribution >= 0.6 is 0 Å². The fourth-order valence-corrected chi connectivity index (χ4v) is 2.40. The summed E-state index contributed by atoms with van der Waals surface area (Å²) >= 11 is 0. The minimum absolute atomic E-state index is 0.183. The van der Waals surface area contributed by atoms with Crippen LogP contribution in [0.2, 0.25) is 0 Å². The molecular weight excluding hydrogens is 246 g/mol. The van der Waals surface area contributed by atoms with Crippen molar-refractivity contribution in [3.63, 3.8) is 0 Å². The lowest BCUT2D eigenvalue weighted by Gasteiger charge is -2.22. The van der Waals surface area contributed by atoms with Crippen LogP contribution in [0.3, 0.4) is 0 Å². The molecule has 1 aromatic heterocycles. The second-order valence-electron chi connectivity index (χ2n) is 5.18. The number of amides is 2. The highest BCUT2D eigenvalue weighted by atomic mass is 16.5. The van der Waals surface area contributed by atoms with Crippen molar-refractivity contribution in [1.82, 2.24) is 15.8 Å². The molecule has 19 heavy (non-hydrogen) atoms. The van der Waals surface area contributed by atoms with Crippen LogP contribution in [0.5, 0.6) is 0 Å². The van der Waals surface area contributed by atoms with Gasteiger partial charge in [0.05, 0.1) is 12.6 Å². The van der Waals surface area contributed by atoms with Gasteiger partial charge in [-0.1, -0.05) is 19.0 Å². The fourth-order valence-electron chi connectivity index (χ4n) is 2.40. The number of nitrogens with zero attached hydrogens (tertiary/aromatic N) is 1. The summed E-state index contributed by atoms with van der Waals surface area (Å²) in [7, 11) is 0. The van der Waals surface area contributed by atoms with Gasteiger partial charge in [0.25, 0.3) is 0 Å². The van der Waals surface area contributed by atoms with E-state index in [1.54, 1.807) is 6.07 Å². The molecule has 0 radical (unpaired) electrons. The van der Waals surface area contributed by atoms with Crippen molar-refractivity contribution in [1.29, 1.82) is 0 Å². The van der Waals surface area contributed by atoms with Gasteiger partial charge in [-0.2, -0.15) is 0 Å². The first kappa shape index (κ1) is 13.9. The summed E-state index contributed by atoms with van der Waals surface area (Å²) in [6.45, 7) is 6.10. The minimum Gasteiger partial charge on any atom is -0.378 e. The van der Waals surface area contributed by atoms with E-state index in [0.717, 1.165) is 13.0 Å². The van der Waals surface area contributed by atoms with Crippen molar-refractivity contribution in [3.8, 4) is 0 Å². The molecule has 106 valence electrons. The zero-order chi connectivity index (χ0) is 13.7. The summed E-state index contributed by atoms with van der Waals surface area (Å²) in [6, 6.07) is 1.54. The van der Waals surface area contributed by atoms with Crippen molar-refractivity contribution in [3.05, 3.63) is 18.0 Å². The Kier molecular flexibility index (Phi) is 4.79. The van der Waals surface area contributed by atoms with Crippen LogP contribution in [0.15, 0.2) is 16.9 Å². The van der Waals surface area contributed by atoms with Gasteiger partial charge in [0, 0.05) is 25.1 Å². The summed E-state index contributed by atoms with van der Waals surface area (Å²) < 4.78 is 10.4. The summed E-state index contributed by atoms with van der Waals surface area (Å²) in [5.41, 5.74) is 0.708. The normalized spacial score (nSPS) is 22.7. The third-order valence-corrected chi connectivity index (χ3v) is 3.37. The standard InChI is InChI=1S/C13H21N3O3/c1-9(2)12-10(3-5-18-12)7-14-13(17)15-8-11-4-6-19-16-11/h4,6,9-10,12H,3,5,7-8H2,1-2H3,(H2,14,15,17)/t10-,12-/m1/s1. The van der Waals surface area contributed by atoms with Gasteiger partial charge in [-0.15, -0.1) is 0 Å². The number of ether oxygens (including phenoxy) is 1. The lowest BCUT2D eigenvalue weighted by atomic mass is 9.93. The van der Waals surface area contributed by atoms with Crippen molar-refractivity contribution >= 4 is 6.03 Å². The molecule has 0 aromatic carbocycles. The van der Waals surface area contributed by atoms with Gasteiger partial charge < -0.3 is 19.9 Å². The van der Waals surface area contributed by atoms with E-state index in [0.29, 0.717) is 30.6 Å². The predicted octanol–water partition coefficient (Wildman–Crippen LogP) is 1.53. The maximum atomic E-state index is 11.7. The highest BCUT2D eigenvalue weighted by Crippen LogP contribution is 2.25. The molecule has 1 fully saturated rings. The molecule has 0 saturated carbocycles. The second kappa shape index (κ2) is 6.56. The highest BCUT2D eigenvalue weighted by Gasteiger charge is 2.30. The maximum Gasteiger partial charge on any atom is 0.315 e. The van der Waals surface area contributed by atoms with Crippen LogP contribution in [0, 0.1) is 11.8 Å². The van der Waals surface area contributed by atoms with Crippen LogP contribution in [0.25, 0.3) is 0 Å². The monoisotopic (exact) mass is 267 g/mol. The summed E-state index contributed by atoms with van der Waals surface area (Å²) in [5, 5.41) is 9.35. The Balaban J connectivity index is 1.68. The minimum atomic E-state index is -0.183. The molecule has 2 heterocycles.